The molecule has 0 bridgehead atoms. The zero-order valence-corrected chi connectivity index (χ0v) is 19.6. The van der Waals surface area contributed by atoms with Crippen molar-refractivity contribution in [2.24, 2.45) is 0 Å². The van der Waals surface area contributed by atoms with Crippen LogP contribution in [0.4, 0.5) is 5.13 Å². The van der Waals surface area contributed by atoms with Crippen LogP contribution in [-0.4, -0.2) is 57.0 Å². The lowest BCUT2D eigenvalue weighted by molar-refractivity contribution is -0.111. The van der Waals surface area contributed by atoms with Crippen LogP contribution in [0.25, 0.3) is 17.3 Å². The molecule has 0 aliphatic carbocycles. The molecule has 33 heavy (non-hydrogen) atoms. The van der Waals surface area contributed by atoms with Crippen LogP contribution >= 0.6 is 11.3 Å². The largest absolute Gasteiger partial charge is 0.497 e. The number of ether oxygens (including phenoxy) is 2. The average molecular weight is 486 g/mol. The number of anilines is 1. The standard InChI is InChI=1S/C23H23N3O5S2/c1-30-19-7-2-17(3-8-19)4-11-22(27)25-23-24-21(16-32-23)18-5-9-20(10-6-18)33(28,29)26-12-14-31-15-13-26/h2-11,16H,12-15H2,1H3,(H,24,25,27). The van der Waals surface area contributed by atoms with Crippen molar-refractivity contribution in [3.63, 3.8) is 0 Å². The number of carbonyl (C=O) groups is 1. The highest BCUT2D eigenvalue weighted by Crippen LogP contribution is 2.27. The zero-order valence-electron chi connectivity index (χ0n) is 17.9. The van der Waals surface area contributed by atoms with E-state index in [0.29, 0.717) is 37.1 Å². The summed E-state index contributed by atoms with van der Waals surface area (Å²) in [6.07, 6.45) is 3.14. The predicted octanol–water partition coefficient (Wildman–Crippen LogP) is 3.49. The van der Waals surface area contributed by atoms with Gasteiger partial charge in [0.1, 0.15) is 5.75 Å². The first-order chi connectivity index (χ1) is 16.0. The summed E-state index contributed by atoms with van der Waals surface area (Å²) in [6.45, 7) is 1.51. The highest BCUT2D eigenvalue weighted by molar-refractivity contribution is 7.89. The normalized spacial score (nSPS) is 14.9. The number of nitrogens with one attached hydrogen (secondary N) is 1. The highest BCUT2D eigenvalue weighted by Gasteiger charge is 2.26. The predicted molar refractivity (Wildman–Crippen MR) is 128 cm³/mol. The first-order valence-electron chi connectivity index (χ1n) is 10.2. The molecular formula is C23H23N3O5S2. The number of rotatable bonds is 7. The van der Waals surface area contributed by atoms with E-state index in [2.05, 4.69) is 10.3 Å². The number of nitrogens with zero attached hydrogens (tertiary/aromatic N) is 2. The van der Waals surface area contributed by atoms with Crippen molar-refractivity contribution >= 4 is 38.5 Å². The Morgan fingerprint density at radius 2 is 1.82 bits per heavy atom. The van der Waals surface area contributed by atoms with Crippen LogP contribution in [0.15, 0.2) is 64.9 Å². The second-order valence-corrected chi connectivity index (χ2v) is 9.97. The average Bonchev–Trinajstić information content (AvgIpc) is 3.32. The van der Waals surface area contributed by atoms with E-state index in [-0.39, 0.29) is 10.8 Å². The molecule has 1 N–H and O–H groups in total. The minimum atomic E-state index is -3.54. The van der Waals surface area contributed by atoms with Crippen molar-refractivity contribution in [1.82, 2.24) is 9.29 Å². The second kappa shape index (κ2) is 10.3. The highest BCUT2D eigenvalue weighted by atomic mass is 32.2. The van der Waals surface area contributed by atoms with E-state index in [0.717, 1.165) is 16.9 Å². The fourth-order valence-corrected chi connectivity index (χ4v) is 5.36. The lowest BCUT2D eigenvalue weighted by Crippen LogP contribution is -2.40. The molecule has 1 aliphatic rings. The SMILES string of the molecule is COc1ccc(C=CC(=O)Nc2nc(-c3ccc(S(=O)(=O)N4CCOCC4)cc3)cs2)cc1. The lowest BCUT2D eigenvalue weighted by Gasteiger charge is -2.26. The molecular weight excluding hydrogens is 462 g/mol. The van der Waals surface area contributed by atoms with Gasteiger partial charge in [-0.2, -0.15) is 4.31 Å². The van der Waals surface area contributed by atoms with Gasteiger partial charge in [-0.05, 0) is 35.9 Å². The van der Waals surface area contributed by atoms with Gasteiger partial charge in [0.15, 0.2) is 5.13 Å². The van der Waals surface area contributed by atoms with Gasteiger partial charge in [0, 0.05) is 30.1 Å². The summed E-state index contributed by atoms with van der Waals surface area (Å²) in [5.41, 5.74) is 2.30. The second-order valence-electron chi connectivity index (χ2n) is 7.17. The molecule has 0 spiro atoms. The van der Waals surface area contributed by atoms with E-state index < -0.39 is 10.0 Å². The quantitative estimate of drug-likeness (QED) is 0.515. The van der Waals surface area contributed by atoms with Gasteiger partial charge in [0.05, 0.1) is 30.9 Å². The summed E-state index contributed by atoms with van der Waals surface area (Å²) in [5, 5.41) is 5.02. The summed E-state index contributed by atoms with van der Waals surface area (Å²) >= 11 is 1.30. The van der Waals surface area contributed by atoms with Crippen molar-refractivity contribution in [3.05, 3.63) is 65.6 Å². The van der Waals surface area contributed by atoms with Gasteiger partial charge in [0.2, 0.25) is 15.9 Å². The van der Waals surface area contributed by atoms with Crippen LogP contribution in [-0.2, 0) is 19.6 Å². The third-order valence-corrected chi connectivity index (χ3v) is 7.71. The fourth-order valence-electron chi connectivity index (χ4n) is 3.23. The number of benzene rings is 2. The Hall–Kier alpha value is -3.05. The van der Waals surface area contributed by atoms with E-state index in [1.807, 2.05) is 29.6 Å². The molecule has 1 saturated heterocycles. The summed E-state index contributed by atoms with van der Waals surface area (Å²) in [5.74, 6) is 0.456. The number of morpholine rings is 1. The Morgan fingerprint density at radius 1 is 1.12 bits per heavy atom. The van der Waals surface area contributed by atoms with E-state index in [1.165, 1.54) is 21.7 Å². The zero-order chi connectivity index (χ0) is 23.3. The van der Waals surface area contributed by atoms with E-state index in [4.69, 9.17) is 9.47 Å². The monoisotopic (exact) mass is 485 g/mol. The van der Waals surface area contributed by atoms with Crippen LogP contribution in [0, 0.1) is 0 Å². The maximum Gasteiger partial charge on any atom is 0.250 e. The number of carbonyl (C=O) groups excluding carboxylic acids is 1. The Bertz CT molecular complexity index is 1230. The van der Waals surface area contributed by atoms with Crippen molar-refractivity contribution < 1.29 is 22.7 Å². The topological polar surface area (TPSA) is 97.8 Å². The number of hydrogen-bond acceptors (Lipinski definition) is 7. The third kappa shape index (κ3) is 5.66. The van der Waals surface area contributed by atoms with Crippen molar-refractivity contribution in [2.75, 3.05) is 38.7 Å². The minimum Gasteiger partial charge on any atom is -0.497 e. The van der Waals surface area contributed by atoms with Gasteiger partial charge in [0.25, 0.3) is 0 Å². The molecule has 172 valence electrons. The molecule has 0 radical (unpaired) electrons. The number of sulfonamides is 1. The summed E-state index contributed by atoms with van der Waals surface area (Å²) < 4.78 is 37.3. The van der Waals surface area contributed by atoms with E-state index in [1.54, 1.807) is 37.5 Å². The Kier molecular flexibility index (Phi) is 7.19. The first-order valence-corrected chi connectivity index (χ1v) is 12.5. The van der Waals surface area contributed by atoms with Crippen molar-refractivity contribution in [2.45, 2.75) is 4.90 Å². The maximum atomic E-state index is 12.8. The maximum absolute atomic E-state index is 12.8. The third-order valence-electron chi connectivity index (χ3n) is 5.04. The van der Waals surface area contributed by atoms with Crippen LogP contribution < -0.4 is 10.1 Å². The molecule has 8 nitrogen and oxygen atoms in total. The smallest absolute Gasteiger partial charge is 0.250 e. The number of amides is 1. The molecule has 1 fully saturated rings. The number of aromatic nitrogens is 1. The molecule has 3 aromatic rings. The molecule has 1 aliphatic heterocycles. The Labute approximate surface area is 196 Å². The van der Waals surface area contributed by atoms with Crippen LogP contribution in [0.1, 0.15) is 5.56 Å². The summed E-state index contributed by atoms with van der Waals surface area (Å²) in [6, 6.07) is 13.9. The molecule has 2 heterocycles. The molecule has 4 rings (SSSR count). The van der Waals surface area contributed by atoms with Crippen LogP contribution in [0.3, 0.4) is 0 Å². The van der Waals surface area contributed by atoms with Crippen molar-refractivity contribution in [1.29, 1.82) is 0 Å². The van der Waals surface area contributed by atoms with E-state index >= 15 is 0 Å². The Morgan fingerprint density at radius 3 is 2.48 bits per heavy atom. The van der Waals surface area contributed by atoms with Gasteiger partial charge < -0.3 is 9.47 Å². The minimum absolute atomic E-state index is 0.237. The van der Waals surface area contributed by atoms with Gasteiger partial charge in [-0.15, -0.1) is 11.3 Å². The number of thiazole rings is 1. The van der Waals surface area contributed by atoms with E-state index in [9.17, 15) is 13.2 Å². The summed E-state index contributed by atoms with van der Waals surface area (Å²) in [7, 11) is -1.94. The number of hydrogen-bond donors (Lipinski definition) is 1. The molecule has 0 atom stereocenters. The van der Waals surface area contributed by atoms with Gasteiger partial charge in [-0.25, -0.2) is 13.4 Å². The van der Waals surface area contributed by atoms with Gasteiger partial charge in [-0.3, -0.25) is 10.1 Å². The molecule has 10 heteroatoms. The van der Waals surface area contributed by atoms with Crippen LogP contribution in [0.5, 0.6) is 5.75 Å². The molecule has 0 unspecified atom stereocenters. The molecule has 0 saturated carbocycles. The molecule has 2 aromatic carbocycles. The lowest BCUT2D eigenvalue weighted by atomic mass is 10.2. The Balaban J connectivity index is 1.39. The molecule has 1 amide bonds. The van der Waals surface area contributed by atoms with Crippen LogP contribution in [0.2, 0.25) is 0 Å². The van der Waals surface area contributed by atoms with Crippen molar-refractivity contribution in [3.8, 4) is 17.0 Å². The fraction of sp³-hybridized carbons (Fsp3) is 0.217. The molecule has 1 aromatic heterocycles. The van der Waals surface area contributed by atoms with Gasteiger partial charge >= 0.3 is 0 Å². The summed E-state index contributed by atoms with van der Waals surface area (Å²) in [4.78, 5) is 16.9. The number of methoxy groups -OCH3 is 1. The van der Waals surface area contributed by atoms with Gasteiger partial charge in [-0.1, -0.05) is 24.3 Å². The first kappa shape index (κ1) is 23.1.